The van der Waals surface area contributed by atoms with Gasteiger partial charge in [-0.05, 0) is 0 Å². The Bertz CT molecular complexity index is 94.7. The molecule has 40 valence electrons. The molecule has 3 nitrogen and oxygen atoms in total. The lowest BCUT2D eigenvalue weighted by molar-refractivity contribution is 0.611. The molecule has 0 aliphatic carbocycles. The van der Waals surface area contributed by atoms with Crippen molar-refractivity contribution in [1.29, 1.82) is 0 Å². The Morgan fingerprint density at radius 2 is 1.50 bits per heavy atom. The summed E-state index contributed by atoms with van der Waals surface area (Å²) in [6, 6.07) is 0. The van der Waals surface area contributed by atoms with Gasteiger partial charge in [-0.1, -0.05) is 0 Å². The van der Waals surface area contributed by atoms with Crippen LogP contribution in [0.4, 0.5) is 0 Å². The van der Waals surface area contributed by atoms with Crippen LogP contribution in [0.3, 0.4) is 0 Å². The summed E-state index contributed by atoms with van der Waals surface area (Å²) in [5, 5.41) is 4.09. The highest BCUT2D eigenvalue weighted by Gasteiger charge is 1.83. The topological polar surface area (TPSA) is 60.2 Å². The van der Waals surface area contributed by atoms with Gasteiger partial charge in [-0.2, -0.15) is 8.42 Å². The van der Waals surface area contributed by atoms with Gasteiger partial charge in [0.2, 0.25) is 0 Å². The van der Waals surface area contributed by atoms with E-state index in [1.165, 1.54) is 0 Å². The van der Waals surface area contributed by atoms with Gasteiger partial charge < -0.3 is 0 Å². The van der Waals surface area contributed by atoms with Crippen LogP contribution in [-0.4, -0.2) is 8.42 Å². The average molecular weight is 152 g/mol. The molecule has 0 atom stereocenters. The molecule has 0 spiro atoms. The standard InChI is InChI=1S/ClH2NO2S.ClH/c1-5(2,3)4;/h(H2,2,3,4);1H. The normalized spacial score (nSPS) is 9.67. The third kappa shape index (κ3) is 228. The number of hydrogen-bond donors (Lipinski definition) is 1. The molecule has 0 fully saturated rings. The summed E-state index contributed by atoms with van der Waals surface area (Å²) in [6.07, 6.45) is 0. The second-order valence-electron chi connectivity index (χ2n) is 0.476. The van der Waals surface area contributed by atoms with Crippen LogP contribution in [0.2, 0.25) is 0 Å². The van der Waals surface area contributed by atoms with Gasteiger partial charge in [0.05, 0.1) is 0 Å². The van der Waals surface area contributed by atoms with E-state index in [2.05, 4.69) is 15.8 Å². The molecule has 0 aliphatic rings. The minimum Gasteiger partial charge on any atom is -0.215 e. The van der Waals surface area contributed by atoms with Crippen LogP contribution >= 0.6 is 23.1 Å². The minimum atomic E-state index is -3.69. The van der Waals surface area contributed by atoms with Crippen molar-refractivity contribution in [2.24, 2.45) is 5.14 Å². The van der Waals surface area contributed by atoms with Crippen molar-refractivity contribution in [2.75, 3.05) is 0 Å². The van der Waals surface area contributed by atoms with Crippen molar-refractivity contribution in [3.63, 3.8) is 0 Å². The molecule has 0 aliphatic heterocycles. The van der Waals surface area contributed by atoms with E-state index in [-0.39, 0.29) is 12.4 Å². The Hall–Kier alpha value is 0.490. The smallest absolute Gasteiger partial charge is 0.215 e. The van der Waals surface area contributed by atoms with Crippen molar-refractivity contribution in [3.05, 3.63) is 0 Å². The minimum absolute atomic E-state index is 0. The second-order valence-corrected chi connectivity index (χ2v) is 2.72. The summed E-state index contributed by atoms with van der Waals surface area (Å²) in [4.78, 5) is 0. The summed E-state index contributed by atoms with van der Waals surface area (Å²) < 4.78 is 18.4. The summed E-state index contributed by atoms with van der Waals surface area (Å²) in [7, 11) is 0.586. The van der Waals surface area contributed by atoms with Gasteiger partial charge in [0.1, 0.15) is 0 Å². The van der Waals surface area contributed by atoms with Crippen LogP contribution in [-0.2, 0) is 9.24 Å². The fourth-order valence-corrected chi connectivity index (χ4v) is 0. The van der Waals surface area contributed by atoms with Crippen LogP contribution in [0.15, 0.2) is 0 Å². The maximum Gasteiger partial charge on any atom is 0.294 e. The van der Waals surface area contributed by atoms with Gasteiger partial charge in [-0.25, -0.2) is 5.14 Å². The fourth-order valence-electron chi connectivity index (χ4n) is 0. The van der Waals surface area contributed by atoms with Gasteiger partial charge in [0, 0.05) is 10.7 Å². The van der Waals surface area contributed by atoms with E-state index in [0.29, 0.717) is 0 Å². The van der Waals surface area contributed by atoms with Crippen molar-refractivity contribution in [2.45, 2.75) is 0 Å². The zero-order chi connectivity index (χ0) is 4.50. The van der Waals surface area contributed by atoms with Gasteiger partial charge >= 0.3 is 0 Å². The Labute approximate surface area is 46.4 Å². The Morgan fingerprint density at radius 3 is 1.50 bits per heavy atom. The van der Waals surface area contributed by atoms with Crippen LogP contribution in [0.5, 0.6) is 0 Å². The van der Waals surface area contributed by atoms with Crippen LogP contribution < -0.4 is 5.14 Å². The van der Waals surface area contributed by atoms with E-state index in [9.17, 15) is 8.42 Å². The molecule has 0 aromatic heterocycles. The maximum absolute atomic E-state index is 9.18. The van der Waals surface area contributed by atoms with E-state index >= 15 is 0 Å². The van der Waals surface area contributed by atoms with Gasteiger partial charge in [0.25, 0.3) is 9.24 Å². The van der Waals surface area contributed by atoms with E-state index in [1.54, 1.807) is 0 Å². The summed E-state index contributed by atoms with van der Waals surface area (Å²) in [5.74, 6) is 0. The first-order chi connectivity index (χ1) is 2.00. The van der Waals surface area contributed by atoms with E-state index < -0.39 is 9.24 Å². The highest BCUT2D eigenvalue weighted by molar-refractivity contribution is 8.11. The largest absolute Gasteiger partial charge is 0.294 e. The molecule has 0 radical (unpaired) electrons. The third-order valence-electron chi connectivity index (χ3n) is 0. The molecule has 0 rings (SSSR count). The van der Waals surface area contributed by atoms with Gasteiger partial charge in [-0.15, -0.1) is 12.4 Å². The predicted molar refractivity (Wildman–Crippen MR) is 26.2 cm³/mol. The molecule has 0 saturated carbocycles. The molecule has 2 N–H and O–H groups in total. The SMILES string of the molecule is Cl.NS(=O)(=O)Cl. The quantitative estimate of drug-likeness (QED) is 0.490. The summed E-state index contributed by atoms with van der Waals surface area (Å²) in [5.41, 5.74) is 0. The first-order valence-electron chi connectivity index (χ1n) is 0.723. The molecular weight excluding hydrogens is 149 g/mol. The van der Waals surface area contributed by atoms with E-state index in [0.717, 1.165) is 0 Å². The molecule has 6 heavy (non-hydrogen) atoms. The van der Waals surface area contributed by atoms with Crippen LogP contribution in [0.1, 0.15) is 0 Å². The highest BCUT2D eigenvalue weighted by Crippen LogP contribution is 1.77. The zero-order valence-corrected chi connectivity index (χ0v) is 4.98. The lowest BCUT2D eigenvalue weighted by atomic mass is 14.0. The molecule has 0 bridgehead atoms. The fraction of sp³-hybridized carbons (Fsp3) is 0. The number of halogens is 2. The Balaban J connectivity index is 0. The molecular formula is H3Cl2NO2S. The van der Waals surface area contributed by atoms with Crippen LogP contribution in [0.25, 0.3) is 0 Å². The zero-order valence-electron chi connectivity index (χ0n) is 2.59. The first kappa shape index (κ1) is 9.70. The predicted octanol–water partition coefficient (Wildman–Crippen LogP) is -0.149. The van der Waals surface area contributed by atoms with Gasteiger partial charge in [0.15, 0.2) is 0 Å². The Morgan fingerprint density at radius 1 is 1.50 bits per heavy atom. The molecule has 0 unspecified atom stereocenters. The average Bonchev–Trinajstić information content (AvgIpc) is 0.722. The lowest BCUT2D eigenvalue weighted by Crippen LogP contribution is -2.00. The van der Waals surface area contributed by atoms with Crippen molar-refractivity contribution >= 4 is 32.3 Å². The molecule has 6 heteroatoms. The van der Waals surface area contributed by atoms with Crippen molar-refractivity contribution in [1.82, 2.24) is 0 Å². The summed E-state index contributed by atoms with van der Waals surface area (Å²) >= 11 is 0. The Kier molecular flexibility index (Phi) is 4.25. The molecule has 0 aromatic rings. The number of rotatable bonds is 0. The highest BCUT2D eigenvalue weighted by atomic mass is 35.7. The van der Waals surface area contributed by atoms with Crippen LogP contribution in [0, 0.1) is 0 Å². The molecule has 0 saturated heterocycles. The van der Waals surface area contributed by atoms with E-state index in [1.807, 2.05) is 0 Å². The van der Waals surface area contributed by atoms with E-state index in [4.69, 9.17) is 0 Å². The number of hydrogen-bond acceptors (Lipinski definition) is 2. The van der Waals surface area contributed by atoms with Crippen molar-refractivity contribution in [3.8, 4) is 0 Å². The lowest BCUT2D eigenvalue weighted by Gasteiger charge is -1.66. The monoisotopic (exact) mass is 151 g/mol. The molecule has 0 aromatic carbocycles. The van der Waals surface area contributed by atoms with Crippen molar-refractivity contribution < 1.29 is 8.42 Å². The second kappa shape index (κ2) is 2.63. The maximum atomic E-state index is 9.18. The molecule has 0 heterocycles. The molecule has 0 amide bonds. The third-order valence-corrected chi connectivity index (χ3v) is 0. The summed E-state index contributed by atoms with van der Waals surface area (Å²) in [6.45, 7) is 0. The van der Waals surface area contributed by atoms with Gasteiger partial charge in [-0.3, -0.25) is 0 Å². The first-order valence-corrected chi connectivity index (χ1v) is 3.10. The number of nitrogens with two attached hydrogens (primary N) is 1.